The lowest BCUT2D eigenvalue weighted by Crippen LogP contribution is -2.36. The first-order valence-corrected chi connectivity index (χ1v) is 4.79. The van der Waals surface area contributed by atoms with Crippen molar-refractivity contribution in [1.29, 1.82) is 0 Å². The van der Waals surface area contributed by atoms with Crippen molar-refractivity contribution in [1.82, 2.24) is 10.3 Å². The van der Waals surface area contributed by atoms with Crippen molar-refractivity contribution in [3.05, 3.63) is 28.8 Å². The van der Waals surface area contributed by atoms with Gasteiger partial charge in [0.1, 0.15) is 11.0 Å². The SMILES string of the molecule is O=C(NCC(O)C(=O)O)c1cc(F)cnc1Cl. The molecule has 0 fully saturated rings. The highest BCUT2D eigenvalue weighted by molar-refractivity contribution is 6.32. The van der Waals surface area contributed by atoms with Crippen LogP contribution in [0.15, 0.2) is 12.3 Å². The van der Waals surface area contributed by atoms with Crippen molar-refractivity contribution in [2.75, 3.05) is 6.54 Å². The fraction of sp³-hybridized carbons (Fsp3) is 0.222. The molecule has 0 aromatic carbocycles. The first-order chi connectivity index (χ1) is 7.91. The second-order valence-corrected chi connectivity index (χ2v) is 3.41. The van der Waals surface area contributed by atoms with E-state index in [-0.39, 0.29) is 10.7 Å². The third kappa shape index (κ3) is 3.65. The Balaban J connectivity index is 2.70. The third-order valence-corrected chi connectivity index (χ3v) is 2.09. The molecular formula is C9H8ClFN2O4. The Kier molecular flexibility index (Phi) is 4.36. The number of nitrogens with one attached hydrogen (secondary N) is 1. The molecule has 1 aromatic rings. The minimum absolute atomic E-state index is 0.214. The predicted molar refractivity (Wildman–Crippen MR) is 55.2 cm³/mol. The molecule has 0 saturated carbocycles. The Morgan fingerprint density at radius 3 is 2.82 bits per heavy atom. The summed E-state index contributed by atoms with van der Waals surface area (Å²) >= 11 is 5.55. The van der Waals surface area contributed by atoms with Crippen LogP contribution in [0.3, 0.4) is 0 Å². The molecule has 0 aliphatic heterocycles. The minimum Gasteiger partial charge on any atom is -0.479 e. The Morgan fingerprint density at radius 1 is 1.59 bits per heavy atom. The number of amides is 1. The van der Waals surface area contributed by atoms with E-state index in [0.717, 1.165) is 12.3 Å². The maximum Gasteiger partial charge on any atom is 0.334 e. The average Bonchev–Trinajstić information content (AvgIpc) is 2.28. The van der Waals surface area contributed by atoms with Crippen LogP contribution in [-0.2, 0) is 4.79 Å². The lowest BCUT2D eigenvalue weighted by atomic mass is 10.2. The first kappa shape index (κ1) is 13.3. The molecule has 1 unspecified atom stereocenters. The van der Waals surface area contributed by atoms with Crippen LogP contribution in [0.4, 0.5) is 4.39 Å². The number of carbonyl (C=O) groups excluding carboxylic acids is 1. The molecule has 1 heterocycles. The number of halogens is 2. The van der Waals surface area contributed by atoms with Crippen LogP contribution in [-0.4, -0.2) is 39.7 Å². The smallest absolute Gasteiger partial charge is 0.334 e. The molecule has 0 aliphatic carbocycles. The quantitative estimate of drug-likeness (QED) is 0.666. The summed E-state index contributed by atoms with van der Waals surface area (Å²) < 4.78 is 12.8. The van der Waals surface area contributed by atoms with Crippen LogP contribution in [0.5, 0.6) is 0 Å². The van der Waals surface area contributed by atoms with Crippen molar-refractivity contribution < 1.29 is 24.2 Å². The number of carboxylic acid groups (broad SMARTS) is 1. The molecule has 0 spiro atoms. The molecule has 8 heteroatoms. The van der Waals surface area contributed by atoms with Gasteiger partial charge in [0, 0.05) is 0 Å². The van der Waals surface area contributed by atoms with Crippen LogP contribution < -0.4 is 5.32 Å². The molecule has 6 nitrogen and oxygen atoms in total. The molecule has 0 bridgehead atoms. The van der Waals surface area contributed by atoms with Crippen molar-refractivity contribution in [3.8, 4) is 0 Å². The lowest BCUT2D eigenvalue weighted by molar-refractivity contribution is -0.146. The van der Waals surface area contributed by atoms with Gasteiger partial charge in [-0.2, -0.15) is 0 Å². The number of nitrogens with zero attached hydrogens (tertiary/aromatic N) is 1. The highest BCUT2D eigenvalue weighted by Gasteiger charge is 2.17. The van der Waals surface area contributed by atoms with Gasteiger partial charge >= 0.3 is 5.97 Å². The van der Waals surface area contributed by atoms with E-state index in [9.17, 15) is 14.0 Å². The van der Waals surface area contributed by atoms with Gasteiger partial charge in [0.2, 0.25) is 0 Å². The van der Waals surface area contributed by atoms with Crippen LogP contribution in [0.1, 0.15) is 10.4 Å². The summed E-state index contributed by atoms with van der Waals surface area (Å²) in [5.74, 6) is -3.05. The zero-order valence-corrected chi connectivity index (χ0v) is 9.11. The van der Waals surface area contributed by atoms with Gasteiger partial charge in [-0.25, -0.2) is 14.2 Å². The number of carbonyl (C=O) groups is 2. The fourth-order valence-corrected chi connectivity index (χ4v) is 1.14. The molecule has 1 atom stereocenters. The molecule has 0 radical (unpaired) electrons. The van der Waals surface area contributed by atoms with Gasteiger partial charge in [-0.3, -0.25) is 4.79 Å². The summed E-state index contributed by atoms with van der Waals surface area (Å²) in [6.07, 6.45) is -0.898. The first-order valence-electron chi connectivity index (χ1n) is 4.42. The monoisotopic (exact) mass is 262 g/mol. The van der Waals surface area contributed by atoms with Crippen LogP contribution in [0.25, 0.3) is 0 Å². The minimum atomic E-state index is -1.74. The summed E-state index contributed by atoms with van der Waals surface area (Å²) in [6.45, 7) is -0.513. The molecule has 92 valence electrons. The van der Waals surface area contributed by atoms with Crippen molar-refractivity contribution in [2.45, 2.75) is 6.10 Å². The van der Waals surface area contributed by atoms with Gasteiger partial charge in [-0.15, -0.1) is 0 Å². The van der Waals surface area contributed by atoms with Gasteiger partial charge in [0.05, 0.1) is 18.3 Å². The number of carboxylic acids is 1. The second-order valence-electron chi connectivity index (χ2n) is 3.06. The summed E-state index contributed by atoms with van der Waals surface area (Å²) in [5, 5.41) is 19.1. The van der Waals surface area contributed by atoms with Gasteiger partial charge in [0.25, 0.3) is 5.91 Å². The molecule has 0 aliphatic rings. The second kappa shape index (κ2) is 5.55. The predicted octanol–water partition coefficient (Wildman–Crippen LogP) is 0.0494. The van der Waals surface area contributed by atoms with E-state index < -0.39 is 30.3 Å². The zero-order valence-electron chi connectivity index (χ0n) is 8.35. The van der Waals surface area contributed by atoms with Crippen molar-refractivity contribution in [2.24, 2.45) is 0 Å². The highest BCUT2D eigenvalue weighted by atomic mass is 35.5. The topological polar surface area (TPSA) is 99.5 Å². The van der Waals surface area contributed by atoms with Crippen molar-refractivity contribution in [3.63, 3.8) is 0 Å². The fourth-order valence-electron chi connectivity index (χ4n) is 0.954. The number of hydrogen-bond donors (Lipinski definition) is 3. The molecule has 1 rings (SSSR count). The van der Waals surface area contributed by atoms with E-state index in [1.165, 1.54) is 0 Å². The average molecular weight is 263 g/mol. The maximum atomic E-state index is 12.8. The van der Waals surface area contributed by atoms with E-state index in [0.29, 0.717) is 0 Å². The van der Waals surface area contributed by atoms with Gasteiger partial charge in [-0.05, 0) is 6.07 Å². The number of pyridine rings is 1. The Bertz CT molecular complexity index is 455. The summed E-state index contributed by atoms with van der Waals surface area (Å²) in [5.41, 5.74) is -0.232. The van der Waals surface area contributed by atoms with Gasteiger partial charge < -0.3 is 15.5 Å². The lowest BCUT2D eigenvalue weighted by Gasteiger charge is -2.08. The van der Waals surface area contributed by atoms with Gasteiger partial charge in [0.15, 0.2) is 6.10 Å². The standard InChI is InChI=1S/C9H8ClFN2O4/c10-7-5(1-4(11)2-12-7)8(15)13-3-6(14)9(16)17/h1-2,6,14H,3H2,(H,13,15)(H,16,17). The molecule has 17 heavy (non-hydrogen) atoms. The molecule has 3 N–H and O–H groups in total. The van der Waals surface area contributed by atoms with Gasteiger partial charge in [-0.1, -0.05) is 11.6 Å². The molecule has 0 saturated heterocycles. The van der Waals surface area contributed by atoms with E-state index in [2.05, 4.69) is 10.3 Å². The van der Waals surface area contributed by atoms with E-state index in [1.807, 2.05) is 0 Å². The van der Waals surface area contributed by atoms with Crippen LogP contribution >= 0.6 is 11.6 Å². The number of rotatable bonds is 4. The maximum absolute atomic E-state index is 12.8. The number of hydrogen-bond acceptors (Lipinski definition) is 4. The Morgan fingerprint density at radius 2 is 2.24 bits per heavy atom. The number of aliphatic hydroxyl groups excluding tert-OH is 1. The van der Waals surface area contributed by atoms with E-state index in [4.69, 9.17) is 21.8 Å². The summed E-state index contributed by atoms with van der Waals surface area (Å²) in [6, 6.07) is 0.859. The summed E-state index contributed by atoms with van der Waals surface area (Å²) in [4.78, 5) is 25.1. The largest absolute Gasteiger partial charge is 0.479 e. The number of aliphatic carboxylic acids is 1. The summed E-state index contributed by atoms with van der Waals surface area (Å²) in [7, 11) is 0. The highest BCUT2D eigenvalue weighted by Crippen LogP contribution is 2.13. The normalized spacial score (nSPS) is 11.9. The number of aliphatic hydroxyl groups is 1. The van der Waals surface area contributed by atoms with E-state index >= 15 is 0 Å². The van der Waals surface area contributed by atoms with Crippen LogP contribution in [0.2, 0.25) is 5.15 Å². The third-order valence-electron chi connectivity index (χ3n) is 1.79. The Labute approximate surface area is 100 Å². The van der Waals surface area contributed by atoms with Crippen LogP contribution in [0, 0.1) is 5.82 Å². The molecule has 1 amide bonds. The van der Waals surface area contributed by atoms with E-state index in [1.54, 1.807) is 0 Å². The van der Waals surface area contributed by atoms with Crippen molar-refractivity contribution >= 4 is 23.5 Å². The Hall–Kier alpha value is -1.73. The molecular weight excluding hydrogens is 255 g/mol. The zero-order chi connectivity index (χ0) is 13.0. The number of aromatic nitrogens is 1. The molecule has 1 aromatic heterocycles.